The standard InChI is InChI=1S/C26H23N3OS/c1-3-30-23-11-8-18(12-17(23)2)15-27-26-25-22(28-16-29-26)14-24(31-25)21-10-9-19-6-4-5-7-20(19)13-21/h4-14,16H,3,15H2,1-2H3,(H,27,28,29). The fourth-order valence-electron chi connectivity index (χ4n) is 3.79. The first-order chi connectivity index (χ1) is 15.2. The van der Waals surface area contributed by atoms with E-state index in [1.54, 1.807) is 17.7 Å². The number of nitrogens with zero attached hydrogens (tertiary/aromatic N) is 2. The van der Waals surface area contributed by atoms with Gasteiger partial charge in [0.2, 0.25) is 0 Å². The number of ether oxygens (including phenoxy) is 1. The van der Waals surface area contributed by atoms with Crippen molar-refractivity contribution >= 4 is 38.1 Å². The predicted octanol–water partition coefficient (Wildman–Crippen LogP) is 6.83. The molecule has 2 heterocycles. The summed E-state index contributed by atoms with van der Waals surface area (Å²) in [6, 6.07) is 23.5. The molecule has 0 radical (unpaired) electrons. The number of fused-ring (bicyclic) bond motifs is 2. The summed E-state index contributed by atoms with van der Waals surface area (Å²) in [5.74, 6) is 1.81. The van der Waals surface area contributed by atoms with Gasteiger partial charge in [-0.15, -0.1) is 11.3 Å². The van der Waals surface area contributed by atoms with Gasteiger partial charge in [0.1, 0.15) is 17.9 Å². The van der Waals surface area contributed by atoms with Crippen molar-refractivity contribution in [2.24, 2.45) is 0 Å². The second kappa shape index (κ2) is 8.36. The molecule has 0 unspecified atom stereocenters. The lowest BCUT2D eigenvalue weighted by Crippen LogP contribution is -2.02. The molecular weight excluding hydrogens is 402 g/mol. The molecule has 5 rings (SSSR count). The molecule has 0 amide bonds. The van der Waals surface area contributed by atoms with E-state index in [9.17, 15) is 0 Å². The summed E-state index contributed by atoms with van der Waals surface area (Å²) in [6.07, 6.45) is 1.63. The summed E-state index contributed by atoms with van der Waals surface area (Å²) in [7, 11) is 0. The third-order valence-corrected chi connectivity index (χ3v) is 6.52. The Kier molecular flexibility index (Phi) is 5.26. The van der Waals surface area contributed by atoms with Crippen LogP contribution < -0.4 is 10.1 Å². The molecule has 0 aliphatic rings. The Morgan fingerprint density at radius 2 is 1.81 bits per heavy atom. The molecule has 5 aromatic rings. The van der Waals surface area contributed by atoms with E-state index in [-0.39, 0.29) is 0 Å². The van der Waals surface area contributed by atoms with Gasteiger partial charge in [0.15, 0.2) is 0 Å². The Hall–Kier alpha value is -3.44. The zero-order chi connectivity index (χ0) is 21.2. The van der Waals surface area contributed by atoms with Crippen molar-refractivity contribution in [1.82, 2.24) is 9.97 Å². The first-order valence-corrected chi connectivity index (χ1v) is 11.2. The van der Waals surface area contributed by atoms with Crippen molar-refractivity contribution in [3.8, 4) is 16.2 Å². The summed E-state index contributed by atoms with van der Waals surface area (Å²) >= 11 is 1.73. The van der Waals surface area contributed by atoms with Gasteiger partial charge >= 0.3 is 0 Å². The molecule has 0 saturated carbocycles. The number of thiophene rings is 1. The van der Waals surface area contributed by atoms with E-state index in [0.29, 0.717) is 13.2 Å². The largest absolute Gasteiger partial charge is 0.494 e. The highest BCUT2D eigenvalue weighted by molar-refractivity contribution is 7.22. The smallest absolute Gasteiger partial charge is 0.147 e. The monoisotopic (exact) mass is 425 g/mol. The molecule has 154 valence electrons. The number of hydrogen-bond acceptors (Lipinski definition) is 5. The van der Waals surface area contributed by atoms with Gasteiger partial charge in [0, 0.05) is 11.4 Å². The third-order valence-electron chi connectivity index (χ3n) is 5.34. The maximum atomic E-state index is 5.64. The van der Waals surface area contributed by atoms with E-state index >= 15 is 0 Å². The molecule has 3 aromatic carbocycles. The molecule has 4 nitrogen and oxygen atoms in total. The van der Waals surface area contributed by atoms with Gasteiger partial charge in [-0.05, 0) is 59.5 Å². The van der Waals surface area contributed by atoms with Crippen LogP contribution >= 0.6 is 11.3 Å². The number of anilines is 1. The van der Waals surface area contributed by atoms with Gasteiger partial charge in [-0.2, -0.15) is 0 Å². The van der Waals surface area contributed by atoms with Crippen molar-refractivity contribution in [3.63, 3.8) is 0 Å². The van der Waals surface area contributed by atoms with Gasteiger partial charge in [-0.25, -0.2) is 9.97 Å². The highest BCUT2D eigenvalue weighted by Crippen LogP contribution is 2.36. The first kappa shape index (κ1) is 19.5. The zero-order valence-corrected chi connectivity index (χ0v) is 18.4. The van der Waals surface area contributed by atoms with E-state index in [1.807, 2.05) is 13.0 Å². The third kappa shape index (κ3) is 3.97. The van der Waals surface area contributed by atoms with Crippen molar-refractivity contribution in [2.45, 2.75) is 20.4 Å². The Labute approximate surface area is 185 Å². The summed E-state index contributed by atoms with van der Waals surface area (Å²) < 4.78 is 6.72. The van der Waals surface area contributed by atoms with Crippen molar-refractivity contribution < 1.29 is 4.74 Å². The molecule has 0 fully saturated rings. The molecule has 0 aliphatic carbocycles. The van der Waals surface area contributed by atoms with Gasteiger partial charge in [-0.1, -0.05) is 48.5 Å². The van der Waals surface area contributed by atoms with Crippen LogP contribution in [0.1, 0.15) is 18.1 Å². The van der Waals surface area contributed by atoms with E-state index < -0.39 is 0 Å². The average molecular weight is 426 g/mol. The predicted molar refractivity (Wildman–Crippen MR) is 130 cm³/mol. The second-order valence-electron chi connectivity index (χ2n) is 7.50. The molecule has 0 aliphatic heterocycles. The zero-order valence-electron chi connectivity index (χ0n) is 17.6. The lowest BCUT2D eigenvalue weighted by molar-refractivity contribution is 0.338. The van der Waals surface area contributed by atoms with Crippen LogP contribution in [0, 0.1) is 6.92 Å². The Morgan fingerprint density at radius 1 is 0.935 bits per heavy atom. The van der Waals surface area contributed by atoms with Crippen LogP contribution in [-0.2, 0) is 6.54 Å². The van der Waals surface area contributed by atoms with Gasteiger partial charge < -0.3 is 10.1 Å². The fourth-order valence-corrected chi connectivity index (χ4v) is 4.86. The Morgan fingerprint density at radius 3 is 2.65 bits per heavy atom. The van der Waals surface area contributed by atoms with Crippen LogP contribution in [0.3, 0.4) is 0 Å². The van der Waals surface area contributed by atoms with Gasteiger partial charge in [0.25, 0.3) is 0 Å². The highest BCUT2D eigenvalue weighted by atomic mass is 32.1. The summed E-state index contributed by atoms with van der Waals surface area (Å²) in [4.78, 5) is 10.2. The minimum Gasteiger partial charge on any atom is -0.494 e. The number of aryl methyl sites for hydroxylation is 1. The molecule has 1 N–H and O–H groups in total. The number of benzene rings is 3. The van der Waals surface area contributed by atoms with Crippen LogP contribution in [0.25, 0.3) is 31.4 Å². The Balaban J connectivity index is 1.42. The number of hydrogen-bond donors (Lipinski definition) is 1. The van der Waals surface area contributed by atoms with Gasteiger partial charge in [0.05, 0.1) is 16.8 Å². The van der Waals surface area contributed by atoms with Crippen molar-refractivity contribution in [2.75, 3.05) is 11.9 Å². The number of aromatic nitrogens is 2. The number of rotatable bonds is 6. The number of nitrogens with one attached hydrogen (secondary N) is 1. The summed E-state index contributed by atoms with van der Waals surface area (Å²) in [6.45, 7) is 5.45. The molecular formula is C26H23N3OS. The van der Waals surface area contributed by atoms with Gasteiger partial charge in [-0.3, -0.25) is 0 Å². The molecule has 0 spiro atoms. The first-order valence-electron chi connectivity index (χ1n) is 10.4. The van der Waals surface area contributed by atoms with Crippen molar-refractivity contribution in [1.29, 1.82) is 0 Å². The minimum atomic E-state index is 0.676. The maximum absolute atomic E-state index is 5.64. The Bertz CT molecular complexity index is 1380. The van der Waals surface area contributed by atoms with Crippen molar-refractivity contribution in [3.05, 3.63) is 84.2 Å². The van der Waals surface area contributed by atoms with E-state index in [0.717, 1.165) is 27.3 Å². The van der Waals surface area contributed by atoms with Crippen LogP contribution in [-0.4, -0.2) is 16.6 Å². The van der Waals surface area contributed by atoms with Crippen LogP contribution in [0.15, 0.2) is 73.1 Å². The minimum absolute atomic E-state index is 0.676. The topological polar surface area (TPSA) is 47.0 Å². The van der Waals surface area contributed by atoms with E-state index in [2.05, 4.69) is 82.9 Å². The normalized spacial score (nSPS) is 11.2. The van der Waals surface area contributed by atoms with Crippen LogP contribution in [0.2, 0.25) is 0 Å². The highest BCUT2D eigenvalue weighted by Gasteiger charge is 2.11. The van der Waals surface area contributed by atoms with E-state index in [4.69, 9.17) is 4.74 Å². The second-order valence-corrected chi connectivity index (χ2v) is 8.55. The summed E-state index contributed by atoms with van der Waals surface area (Å²) in [5.41, 5.74) is 4.51. The average Bonchev–Trinajstić information content (AvgIpc) is 3.24. The molecule has 5 heteroatoms. The van der Waals surface area contributed by atoms with Crippen LogP contribution in [0.5, 0.6) is 5.75 Å². The van der Waals surface area contributed by atoms with E-state index in [1.165, 1.54) is 26.8 Å². The molecule has 0 atom stereocenters. The lowest BCUT2D eigenvalue weighted by Gasteiger charge is -2.10. The van der Waals surface area contributed by atoms with Crippen LogP contribution in [0.4, 0.5) is 5.82 Å². The molecule has 31 heavy (non-hydrogen) atoms. The molecule has 0 bridgehead atoms. The fraction of sp³-hybridized carbons (Fsp3) is 0.154. The maximum Gasteiger partial charge on any atom is 0.147 e. The lowest BCUT2D eigenvalue weighted by atomic mass is 10.1. The SMILES string of the molecule is CCOc1ccc(CNc2ncnc3cc(-c4ccc5ccccc5c4)sc23)cc1C. The molecule has 0 saturated heterocycles. The summed E-state index contributed by atoms with van der Waals surface area (Å²) in [5, 5.41) is 5.99. The quantitative estimate of drug-likeness (QED) is 0.324. The molecule has 2 aromatic heterocycles.